The van der Waals surface area contributed by atoms with E-state index in [4.69, 9.17) is 16.3 Å². The molecule has 1 aliphatic heterocycles. The van der Waals surface area contributed by atoms with Gasteiger partial charge in [0.25, 0.3) is 0 Å². The number of hydrogen-bond acceptors (Lipinski definition) is 4. The van der Waals surface area contributed by atoms with Gasteiger partial charge in [-0.2, -0.15) is 0 Å². The van der Waals surface area contributed by atoms with E-state index < -0.39 is 5.92 Å². The summed E-state index contributed by atoms with van der Waals surface area (Å²) in [7, 11) is 1.61. The van der Waals surface area contributed by atoms with Crippen molar-refractivity contribution in [2.45, 2.75) is 32.1 Å². The second-order valence-corrected chi connectivity index (χ2v) is 9.57. The number of carbonyl (C=O) groups is 1. The van der Waals surface area contributed by atoms with E-state index in [-0.39, 0.29) is 17.4 Å². The van der Waals surface area contributed by atoms with Gasteiger partial charge in [-0.05, 0) is 55.7 Å². The molecule has 0 amide bonds. The third-order valence-electron chi connectivity index (χ3n) is 6.85. The number of nitrogens with zero attached hydrogens (tertiary/aromatic N) is 1. The van der Waals surface area contributed by atoms with Gasteiger partial charge in [0.15, 0.2) is 5.78 Å². The molecule has 3 aromatic rings. The highest BCUT2D eigenvalue weighted by Crippen LogP contribution is 2.48. The molecule has 0 saturated carbocycles. The van der Waals surface area contributed by atoms with Gasteiger partial charge in [0.1, 0.15) is 17.3 Å². The first-order chi connectivity index (χ1) is 17.4. The molecule has 6 heteroatoms. The minimum Gasteiger partial charge on any atom is -0.507 e. The molecule has 2 aliphatic rings. The van der Waals surface area contributed by atoms with Gasteiger partial charge >= 0.3 is 0 Å². The van der Waals surface area contributed by atoms with Crippen molar-refractivity contribution in [1.29, 1.82) is 5.41 Å². The molecule has 1 heterocycles. The van der Waals surface area contributed by atoms with E-state index in [1.165, 1.54) is 0 Å². The fourth-order valence-corrected chi connectivity index (χ4v) is 5.27. The van der Waals surface area contributed by atoms with Crippen LogP contribution in [0.2, 0.25) is 5.02 Å². The van der Waals surface area contributed by atoms with Gasteiger partial charge in [-0.3, -0.25) is 15.1 Å². The quantitative estimate of drug-likeness (QED) is 0.372. The SMILES string of the molecule is COc1ccc([C@@H]2C(=C(O)c3ccc(C)cc3)C(=N)N(c3cccc(Cl)c3)C3=C2C(=O)CCC3)cc1. The minimum absolute atomic E-state index is 0.0160. The van der Waals surface area contributed by atoms with E-state index in [9.17, 15) is 15.3 Å². The van der Waals surface area contributed by atoms with Crippen molar-refractivity contribution in [2.75, 3.05) is 12.0 Å². The Morgan fingerprint density at radius 3 is 2.44 bits per heavy atom. The average molecular weight is 499 g/mol. The Morgan fingerprint density at radius 1 is 1.06 bits per heavy atom. The largest absolute Gasteiger partial charge is 0.507 e. The summed E-state index contributed by atoms with van der Waals surface area (Å²) in [6.45, 7) is 1.98. The number of rotatable bonds is 4. The van der Waals surface area contributed by atoms with Gasteiger partial charge in [0, 0.05) is 45.5 Å². The molecule has 0 aromatic heterocycles. The Kier molecular flexibility index (Phi) is 6.42. The van der Waals surface area contributed by atoms with Gasteiger partial charge in [-0.15, -0.1) is 0 Å². The van der Waals surface area contributed by atoms with Crippen molar-refractivity contribution >= 4 is 34.7 Å². The lowest BCUT2D eigenvalue weighted by molar-refractivity contribution is -0.116. The highest BCUT2D eigenvalue weighted by atomic mass is 35.5. The number of anilines is 1. The number of Topliss-reactive ketones (excluding diaryl/α,β-unsaturated/α-hetero) is 1. The number of amidine groups is 1. The van der Waals surface area contributed by atoms with Crippen LogP contribution in [0.15, 0.2) is 89.6 Å². The summed E-state index contributed by atoms with van der Waals surface area (Å²) < 4.78 is 5.34. The molecule has 1 atom stereocenters. The number of aliphatic hydroxyl groups excluding tert-OH is 1. The van der Waals surface area contributed by atoms with Crippen LogP contribution >= 0.6 is 11.6 Å². The first kappa shape index (κ1) is 23.9. The first-order valence-electron chi connectivity index (χ1n) is 11.9. The number of methoxy groups -OCH3 is 1. The average Bonchev–Trinajstić information content (AvgIpc) is 2.88. The molecule has 0 saturated heterocycles. The maximum atomic E-state index is 13.5. The molecule has 0 fully saturated rings. The fourth-order valence-electron chi connectivity index (χ4n) is 5.09. The standard InChI is InChI=1S/C30H27ClN2O3/c1-18-9-11-20(12-10-18)29(35)28-26(19-13-15-23(36-2)16-14-19)27-24(7-4-8-25(27)34)33(30(28)32)22-6-3-5-21(31)17-22/h3,5-6,9-17,26,32,35H,4,7-8H2,1-2H3/t26-/m0/s1. The van der Waals surface area contributed by atoms with Crippen LogP contribution in [-0.4, -0.2) is 23.8 Å². The zero-order chi connectivity index (χ0) is 25.4. The van der Waals surface area contributed by atoms with E-state index in [2.05, 4.69) is 0 Å². The van der Waals surface area contributed by atoms with E-state index >= 15 is 0 Å². The summed E-state index contributed by atoms with van der Waals surface area (Å²) in [4.78, 5) is 15.3. The number of ketones is 1. The predicted molar refractivity (Wildman–Crippen MR) is 144 cm³/mol. The zero-order valence-electron chi connectivity index (χ0n) is 20.2. The van der Waals surface area contributed by atoms with E-state index in [1.807, 2.05) is 67.6 Å². The van der Waals surface area contributed by atoms with Crippen molar-refractivity contribution < 1.29 is 14.6 Å². The van der Waals surface area contributed by atoms with Crippen molar-refractivity contribution in [1.82, 2.24) is 0 Å². The Balaban J connectivity index is 1.81. The van der Waals surface area contributed by atoms with Crippen LogP contribution in [-0.2, 0) is 4.79 Å². The van der Waals surface area contributed by atoms with Gasteiger partial charge in [0.05, 0.1) is 7.11 Å². The minimum atomic E-state index is -0.581. The van der Waals surface area contributed by atoms with Crippen LogP contribution in [0.5, 0.6) is 5.75 Å². The van der Waals surface area contributed by atoms with Crippen LogP contribution in [0.25, 0.3) is 5.76 Å². The normalized spacial score (nSPS) is 19.3. The molecule has 0 bridgehead atoms. The Morgan fingerprint density at radius 2 is 1.78 bits per heavy atom. The molecule has 0 radical (unpaired) electrons. The molecule has 0 spiro atoms. The predicted octanol–water partition coefficient (Wildman–Crippen LogP) is 7.21. The monoisotopic (exact) mass is 498 g/mol. The summed E-state index contributed by atoms with van der Waals surface area (Å²) in [5, 5.41) is 21.6. The molecule has 0 unspecified atom stereocenters. The lowest BCUT2D eigenvalue weighted by atomic mass is 9.73. The van der Waals surface area contributed by atoms with Gasteiger partial charge < -0.3 is 9.84 Å². The molecule has 3 aromatic carbocycles. The molecule has 5 rings (SSSR count). The third kappa shape index (κ3) is 4.20. The summed E-state index contributed by atoms with van der Waals surface area (Å²) in [6.07, 6.45) is 1.79. The van der Waals surface area contributed by atoms with Crippen LogP contribution in [0.1, 0.15) is 41.9 Å². The highest BCUT2D eigenvalue weighted by Gasteiger charge is 2.43. The Labute approximate surface area is 215 Å². The lowest BCUT2D eigenvalue weighted by Gasteiger charge is -2.41. The molecule has 182 valence electrons. The van der Waals surface area contributed by atoms with Crippen LogP contribution < -0.4 is 9.64 Å². The molecule has 1 aliphatic carbocycles. The number of halogens is 1. The fraction of sp³-hybridized carbons (Fsp3) is 0.200. The van der Waals surface area contributed by atoms with Gasteiger partial charge in [-0.1, -0.05) is 59.6 Å². The lowest BCUT2D eigenvalue weighted by Crippen LogP contribution is -2.42. The second-order valence-electron chi connectivity index (χ2n) is 9.14. The van der Waals surface area contributed by atoms with E-state index in [1.54, 1.807) is 24.1 Å². The molecular weight excluding hydrogens is 472 g/mol. The van der Waals surface area contributed by atoms with Crippen molar-refractivity contribution in [3.63, 3.8) is 0 Å². The number of allylic oxidation sites excluding steroid dienone is 2. The molecular formula is C30H27ClN2O3. The van der Waals surface area contributed by atoms with E-state index in [0.717, 1.165) is 16.8 Å². The summed E-state index contributed by atoms with van der Waals surface area (Å²) in [5.74, 6) is 0.263. The highest BCUT2D eigenvalue weighted by molar-refractivity contribution is 6.31. The van der Waals surface area contributed by atoms with Gasteiger partial charge in [0.2, 0.25) is 0 Å². The number of ether oxygens (including phenoxy) is 1. The number of aliphatic hydroxyl groups is 1. The molecule has 36 heavy (non-hydrogen) atoms. The number of hydrogen-bond donors (Lipinski definition) is 2. The van der Waals surface area contributed by atoms with Crippen LogP contribution in [0.4, 0.5) is 5.69 Å². The van der Waals surface area contributed by atoms with Crippen molar-refractivity contribution in [2.24, 2.45) is 0 Å². The van der Waals surface area contributed by atoms with Gasteiger partial charge in [-0.25, -0.2) is 0 Å². The van der Waals surface area contributed by atoms with Crippen LogP contribution in [0, 0.1) is 12.3 Å². The number of benzene rings is 3. The maximum absolute atomic E-state index is 13.5. The number of carbonyl (C=O) groups excluding carboxylic acids is 1. The number of nitrogens with one attached hydrogen (secondary N) is 1. The Hall–Kier alpha value is -3.83. The topological polar surface area (TPSA) is 73.6 Å². The molecule has 5 nitrogen and oxygen atoms in total. The van der Waals surface area contributed by atoms with Crippen LogP contribution in [0.3, 0.4) is 0 Å². The summed E-state index contributed by atoms with van der Waals surface area (Å²) in [5.41, 5.74) is 4.97. The van der Waals surface area contributed by atoms with E-state index in [0.29, 0.717) is 52.4 Å². The van der Waals surface area contributed by atoms with Crippen molar-refractivity contribution in [3.05, 3.63) is 111 Å². The Bertz CT molecular complexity index is 1400. The summed E-state index contributed by atoms with van der Waals surface area (Å²) >= 11 is 6.32. The summed E-state index contributed by atoms with van der Waals surface area (Å²) in [6, 6.07) is 22.3. The third-order valence-corrected chi connectivity index (χ3v) is 7.09. The number of aryl methyl sites for hydroxylation is 1. The second kappa shape index (κ2) is 9.67. The maximum Gasteiger partial charge on any atom is 0.161 e. The zero-order valence-corrected chi connectivity index (χ0v) is 21.0. The smallest absolute Gasteiger partial charge is 0.161 e. The molecule has 2 N–H and O–H groups in total. The van der Waals surface area contributed by atoms with Crippen molar-refractivity contribution in [3.8, 4) is 5.75 Å². The first-order valence-corrected chi connectivity index (χ1v) is 12.3.